The molecule has 84 valence electrons. The average Bonchev–Trinajstić information content (AvgIpc) is 2.26. The molecule has 1 rings (SSSR count). The molecule has 0 bridgehead atoms. The van der Waals surface area contributed by atoms with Crippen molar-refractivity contribution in [3.8, 4) is 0 Å². The first kappa shape index (κ1) is 12.0. The zero-order valence-electron chi connectivity index (χ0n) is 9.75. The first-order valence-corrected chi connectivity index (χ1v) is 5.74. The predicted octanol–water partition coefficient (Wildman–Crippen LogP) is 1.10. The summed E-state index contributed by atoms with van der Waals surface area (Å²) in [6.45, 7) is 8.94. The van der Waals surface area contributed by atoms with Crippen molar-refractivity contribution >= 4 is 0 Å². The Morgan fingerprint density at radius 3 is 3.00 bits per heavy atom. The summed E-state index contributed by atoms with van der Waals surface area (Å²) in [5, 5.41) is 3.54. The average molecular weight is 200 g/mol. The number of hydrogen-bond donors (Lipinski definition) is 1. The summed E-state index contributed by atoms with van der Waals surface area (Å²) in [4.78, 5) is 2.57. The van der Waals surface area contributed by atoms with Crippen LogP contribution < -0.4 is 5.32 Å². The molecule has 0 aromatic rings. The van der Waals surface area contributed by atoms with E-state index in [0.29, 0.717) is 12.1 Å². The van der Waals surface area contributed by atoms with Gasteiger partial charge in [-0.3, -0.25) is 4.90 Å². The summed E-state index contributed by atoms with van der Waals surface area (Å²) in [6, 6.07) is 1.35. The maximum absolute atomic E-state index is 5.11. The van der Waals surface area contributed by atoms with Crippen LogP contribution in [0.25, 0.3) is 0 Å². The molecule has 2 unspecified atom stereocenters. The highest BCUT2D eigenvalue weighted by molar-refractivity contribution is 4.80. The summed E-state index contributed by atoms with van der Waals surface area (Å²) >= 11 is 0. The third-order valence-corrected chi connectivity index (χ3v) is 3.14. The van der Waals surface area contributed by atoms with Crippen LogP contribution in [0.3, 0.4) is 0 Å². The maximum Gasteiger partial charge on any atom is 0.0477 e. The SMILES string of the molecule is CCC1CN(C(C)CCOC)CCN1. The first-order chi connectivity index (χ1) is 6.77. The Balaban J connectivity index is 2.27. The fourth-order valence-corrected chi connectivity index (χ4v) is 2.00. The van der Waals surface area contributed by atoms with E-state index in [2.05, 4.69) is 24.1 Å². The highest BCUT2D eigenvalue weighted by Gasteiger charge is 2.21. The molecule has 0 aromatic heterocycles. The highest BCUT2D eigenvalue weighted by Crippen LogP contribution is 2.09. The molecular formula is C11H24N2O. The Kier molecular flexibility index (Phi) is 5.45. The van der Waals surface area contributed by atoms with Crippen LogP contribution in [0.4, 0.5) is 0 Å². The van der Waals surface area contributed by atoms with Gasteiger partial charge in [-0.15, -0.1) is 0 Å². The van der Waals surface area contributed by atoms with Crippen molar-refractivity contribution in [2.75, 3.05) is 33.4 Å². The summed E-state index contributed by atoms with van der Waals surface area (Å²) in [7, 11) is 1.78. The molecule has 1 heterocycles. The summed E-state index contributed by atoms with van der Waals surface area (Å²) in [6.07, 6.45) is 2.38. The molecule has 0 aromatic carbocycles. The molecule has 0 aliphatic carbocycles. The van der Waals surface area contributed by atoms with Crippen molar-refractivity contribution in [2.45, 2.75) is 38.8 Å². The van der Waals surface area contributed by atoms with E-state index in [1.165, 1.54) is 19.5 Å². The monoisotopic (exact) mass is 200 g/mol. The molecule has 1 N–H and O–H groups in total. The number of nitrogens with zero attached hydrogens (tertiary/aromatic N) is 1. The van der Waals surface area contributed by atoms with E-state index < -0.39 is 0 Å². The lowest BCUT2D eigenvalue weighted by Gasteiger charge is -2.37. The third-order valence-electron chi connectivity index (χ3n) is 3.14. The fourth-order valence-electron chi connectivity index (χ4n) is 2.00. The van der Waals surface area contributed by atoms with E-state index in [9.17, 15) is 0 Å². The Morgan fingerprint density at radius 2 is 2.36 bits per heavy atom. The van der Waals surface area contributed by atoms with E-state index in [0.717, 1.165) is 19.6 Å². The van der Waals surface area contributed by atoms with Crippen LogP contribution in [-0.2, 0) is 4.74 Å². The lowest BCUT2D eigenvalue weighted by molar-refractivity contribution is 0.112. The Labute approximate surface area is 87.8 Å². The molecule has 14 heavy (non-hydrogen) atoms. The largest absolute Gasteiger partial charge is 0.385 e. The quantitative estimate of drug-likeness (QED) is 0.719. The van der Waals surface area contributed by atoms with Crippen LogP contribution in [0.5, 0.6) is 0 Å². The van der Waals surface area contributed by atoms with Crippen molar-refractivity contribution in [3.05, 3.63) is 0 Å². The van der Waals surface area contributed by atoms with E-state index in [1.54, 1.807) is 7.11 Å². The second-order valence-corrected chi connectivity index (χ2v) is 4.18. The second-order valence-electron chi connectivity index (χ2n) is 4.18. The van der Waals surface area contributed by atoms with Gasteiger partial charge in [-0.25, -0.2) is 0 Å². The van der Waals surface area contributed by atoms with Crippen molar-refractivity contribution in [3.63, 3.8) is 0 Å². The van der Waals surface area contributed by atoms with Crippen LogP contribution in [0, 0.1) is 0 Å². The fraction of sp³-hybridized carbons (Fsp3) is 1.00. The molecular weight excluding hydrogens is 176 g/mol. The molecule has 0 saturated carbocycles. The number of ether oxygens (including phenoxy) is 1. The number of piperazine rings is 1. The van der Waals surface area contributed by atoms with Crippen molar-refractivity contribution in [2.24, 2.45) is 0 Å². The number of hydrogen-bond acceptors (Lipinski definition) is 3. The number of nitrogens with one attached hydrogen (secondary N) is 1. The smallest absolute Gasteiger partial charge is 0.0477 e. The Morgan fingerprint density at radius 1 is 1.57 bits per heavy atom. The van der Waals surface area contributed by atoms with Crippen molar-refractivity contribution in [1.82, 2.24) is 10.2 Å². The summed E-state index contributed by atoms with van der Waals surface area (Å²) in [5.74, 6) is 0. The topological polar surface area (TPSA) is 24.5 Å². The van der Waals surface area contributed by atoms with Gasteiger partial charge in [0.2, 0.25) is 0 Å². The van der Waals surface area contributed by atoms with Gasteiger partial charge in [-0.2, -0.15) is 0 Å². The van der Waals surface area contributed by atoms with Gasteiger partial charge in [0.25, 0.3) is 0 Å². The van der Waals surface area contributed by atoms with Gasteiger partial charge in [-0.1, -0.05) is 6.92 Å². The van der Waals surface area contributed by atoms with Gasteiger partial charge in [0, 0.05) is 45.4 Å². The zero-order valence-corrected chi connectivity index (χ0v) is 9.75. The van der Waals surface area contributed by atoms with E-state index in [1.807, 2.05) is 0 Å². The molecule has 3 heteroatoms. The second kappa shape index (κ2) is 6.38. The maximum atomic E-state index is 5.11. The highest BCUT2D eigenvalue weighted by atomic mass is 16.5. The molecule has 0 spiro atoms. The van der Waals surface area contributed by atoms with E-state index in [-0.39, 0.29) is 0 Å². The molecule has 0 amide bonds. The van der Waals surface area contributed by atoms with Crippen LogP contribution in [0.1, 0.15) is 26.7 Å². The minimum absolute atomic E-state index is 0.658. The summed E-state index contributed by atoms with van der Waals surface area (Å²) in [5.41, 5.74) is 0. The number of methoxy groups -OCH3 is 1. The molecule has 0 radical (unpaired) electrons. The van der Waals surface area contributed by atoms with Gasteiger partial charge in [0.1, 0.15) is 0 Å². The van der Waals surface area contributed by atoms with E-state index in [4.69, 9.17) is 4.74 Å². The summed E-state index contributed by atoms with van der Waals surface area (Å²) < 4.78 is 5.11. The molecule has 1 aliphatic rings. The van der Waals surface area contributed by atoms with Gasteiger partial charge in [-0.05, 0) is 19.8 Å². The Bertz CT molecular complexity index is 152. The lowest BCUT2D eigenvalue weighted by atomic mass is 10.1. The molecule has 1 saturated heterocycles. The van der Waals surface area contributed by atoms with E-state index >= 15 is 0 Å². The van der Waals surface area contributed by atoms with Crippen molar-refractivity contribution < 1.29 is 4.74 Å². The first-order valence-electron chi connectivity index (χ1n) is 5.74. The van der Waals surface area contributed by atoms with Crippen molar-refractivity contribution in [1.29, 1.82) is 0 Å². The number of rotatable bonds is 5. The molecule has 3 nitrogen and oxygen atoms in total. The Hall–Kier alpha value is -0.120. The van der Waals surface area contributed by atoms with Gasteiger partial charge in [0.05, 0.1) is 0 Å². The van der Waals surface area contributed by atoms with Crippen LogP contribution in [0.15, 0.2) is 0 Å². The van der Waals surface area contributed by atoms with Gasteiger partial charge < -0.3 is 10.1 Å². The third kappa shape index (κ3) is 3.56. The van der Waals surface area contributed by atoms with Crippen LogP contribution >= 0.6 is 0 Å². The van der Waals surface area contributed by atoms with Crippen LogP contribution in [-0.4, -0.2) is 50.3 Å². The van der Waals surface area contributed by atoms with Gasteiger partial charge >= 0.3 is 0 Å². The minimum atomic E-state index is 0.658. The lowest BCUT2D eigenvalue weighted by Crippen LogP contribution is -2.53. The predicted molar refractivity (Wildman–Crippen MR) is 59.6 cm³/mol. The molecule has 1 fully saturated rings. The standard InChI is InChI=1S/C11H24N2O/c1-4-11-9-13(7-6-12-11)10(2)5-8-14-3/h10-12H,4-9H2,1-3H3. The normalized spacial score (nSPS) is 26.4. The molecule has 1 aliphatic heterocycles. The zero-order chi connectivity index (χ0) is 10.4. The van der Waals surface area contributed by atoms with Gasteiger partial charge in [0.15, 0.2) is 0 Å². The van der Waals surface area contributed by atoms with Crippen LogP contribution in [0.2, 0.25) is 0 Å². The molecule has 2 atom stereocenters. The minimum Gasteiger partial charge on any atom is -0.385 e.